The summed E-state index contributed by atoms with van der Waals surface area (Å²) in [5.74, 6) is 2.27. The van der Waals surface area contributed by atoms with Crippen molar-refractivity contribution in [3.8, 4) is 11.4 Å². The third-order valence-electron chi connectivity index (χ3n) is 4.07. The summed E-state index contributed by atoms with van der Waals surface area (Å²) < 4.78 is 1.96. The van der Waals surface area contributed by atoms with Gasteiger partial charge in [0.2, 0.25) is 5.91 Å². The van der Waals surface area contributed by atoms with Gasteiger partial charge in [0, 0.05) is 25.2 Å². The molecule has 0 spiro atoms. The van der Waals surface area contributed by atoms with Crippen molar-refractivity contribution in [1.29, 1.82) is 0 Å². The topological polar surface area (TPSA) is 88.5 Å². The Morgan fingerprint density at radius 2 is 1.93 bits per heavy atom. The Morgan fingerprint density at radius 1 is 1.15 bits per heavy atom. The fourth-order valence-corrected chi connectivity index (χ4v) is 3.59. The van der Waals surface area contributed by atoms with Crippen LogP contribution in [-0.2, 0) is 17.6 Å². The average molecular weight is 378 g/mol. The van der Waals surface area contributed by atoms with Crippen LogP contribution >= 0.6 is 11.8 Å². The van der Waals surface area contributed by atoms with E-state index in [0.29, 0.717) is 5.75 Å². The quantitative estimate of drug-likeness (QED) is 0.518. The monoisotopic (exact) mass is 378 g/mol. The molecule has 4 rings (SSSR count). The SMILES string of the molecule is CC(=O)Nc1ccc(-c2nnc(SCc3nc4ccccc4[nH]3)n2C)cc1. The number of imidazole rings is 1. The average Bonchev–Trinajstić information content (AvgIpc) is 3.23. The highest BCUT2D eigenvalue weighted by atomic mass is 32.2. The highest BCUT2D eigenvalue weighted by Crippen LogP contribution is 2.26. The van der Waals surface area contributed by atoms with E-state index in [2.05, 4.69) is 25.5 Å². The van der Waals surface area contributed by atoms with Crippen LogP contribution in [0.1, 0.15) is 12.7 Å². The fraction of sp³-hybridized carbons (Fsp3) is 0.158. The van der Waals surface area contributed by atoms with E-state index in [9.17, 15) is 4.79 Å². The molecular formula is C19H18N6OS. The second-order valence-electron chi connectivity index (χ2n) is 6.11. The molecule has 0 aliphatic heterocycles. The van der Waals surface area contributed by atoms with Crippen molar-refractivity contribution < 1.29 is 4.79 Å². The van der Waals surface area contributed by atoms with E-state index in [1.807, 2.05) is 60.1 Å². The minimum atomic E-state index is -0.0920. The minimum Gasteiger partial charge on any atom is -0.341 e. The first-order valence-corrected chi connectivity index (χ1v) is 9.42. The summed E-state index contributed by atoms with van der Waals surface area (Å²) in [6, 6.07) is 15.5. The Bertz CT molecular complexity index is 1070. The lowest BCUT2D eigenvalue weighted by molar-refractivity contribution is -0.114. The Labute approximate surface area is 160 Å². The van der Waals surface area contributed by atoms with Crippen LogP contribution in [0.5, 0.6) is 0 Å². The van der Waals surface area contributed by atoms with Crippen molar-refractivity contribution in [3.63, 3.8) is 0 Å². The third-order valence-corrected chi connectivity index (χ3v) is 5.11. The summed E-state index contributed by atoms with van der Waals surface area (Å²) in [6.07, 6.45) is 0. The number of thioether (sulfide) groups is 1. The molecule has 0 bridgehead atoms. The molecular weight excluding hydrogens is 360 g/mol. The number of aromatic amines is 1. The Kier molecular flexibility index (Phi) is 4.64. The first-order valence-electron chi connectivity index (χ1n) is 8.44. The number of anilines is 1. The molecule has 0 aliphatic carbocycles. The van der Waals surface area contributed by atoms with E-state index in [1.54, 1.807) is 11.8 Å². The Morgan fingerprint density at radius 3 is 2.67 bits per heavy atom. The van der Waals surface area contributed by atoms with Crippen molar-refractivity contribution in [2.24, 2.45) is 7.05 Å². The number of para-hydroxylation sites is 2. The predicted molar refractivity (Wildman–Crippen MR) is 106 cm³/mol. The van der Waals surface area contributed by atoms with Gasteiger partial charge in [-0.2, -0.15) is 0 Å². The number of hydrogen-bond acceptors (Lipinski definition) is 5. The largest absolute Gasteiger partial charge is 0.341 e. The molecule has 0 radical (unpaired) electrons. The highest BCUT2D eigenvalue weighted by molar-refractivity contribution is 7.98. The molecule has 2 N–H and O–H groups in total. The van der Waals surface area contributed by atoms with Gasteiger partial charge in [0.1, 0.15) is 5.82 Å². The molecule has 2 aromatic carbocycles. The molecule has 7 nitrogen and oxygen atoms in total. The number of nitrogens with one attached hydrogen (secondary N) is 2. The van der Waals surface area contributed by atoms with E-state index in [0.717, 1.165) is 39.1 Å². The van der Waals surface area contributed by atoms with Crippen molar-refractivity contribution in [1.82, 2.24) is 24.7 Å². The van der Waals surface area contributed by atoms with Crippen LogP contribution in [0.4, 0.5) is 5.69 Å². The van der Waals surface area contributed by atoms with Gasteiger partial charge in [-0.05, 0) is 36.4 Å². The Balaban J connectivity index is 1.49. The van der Waals surface area contributed by atoms with Gasteiger partial charge in [0.15, 0.2) is 11.0 Å². The maximum Gasteiger partial charge on any atom is 0.221 e. The molecule has 0 atom stereocenters. The highest BCUT2D eigenvalue weighted by Gasteiger charge is 2.12. The third kappa shape index (κ3) is 3.70. The number of fused-ring (bicyclic) bond motifs is 1. The van der Waals surface area contributed by atoms with Gasteiger partial charge in [-0.1, -0.05) is 23.9 Å². The number of carbonyl (C=O) groups is 1. The van der Waals surface area contributed by atoms with Gasteiger partial charge in [-0.25, -0.2) is 4.98 Å². The van der Waals surface area contributed by atoms with Gasteiger partial charge in [-0.15, -0.1) is 10.2 Å². The summed E-state index contributed by atoms with van der Waals surface area (Å²) in [6.45, 7) is 1.49. The number of benzene rings is 2. The van der Waals surface area contributed by atoms with Gasteiger partial charge in [0.05, 0.1) is 16.8 Å². The zero-order chi connectivity index (χ0) is 18.8. The van der Waals surface area contributed by atoms with Gasteiger partial charge >= 0.3 is 0 Å². The summed E-state index contributed by atoms with van der Waals surface area (Å²) in [7, 11) is 1.94. The molecule has 136 valence electrons. The lowest BCUT2D eigenvalue weighted by Gasteiger charge is -2.05. The van der Waals surface area contributed by atoms with E-state index >= 15 is 0 Å². The number of hydrogen-bond donors (Lipinski definition) is 2. The molecule has 2 heterocycles. The Hall–Kier alpha value is -3.13. The maximum absolute atomic E-state index is 11.1. The number of nitrogens with zero attached hydrogens (tertiary/aromatic N) is 4. The second-order valence-corrected chi connectivity index (χ2v) is 7.06. The van der Waals surface area contributed by atoms with Crippen LogP contribution in [0.3, 0.4) is 0 Å². The molecule has 2 aromatic heterocycles. The normalized spacial score (nSPS) is 11.0. The van der Waals surface area contributed by atoms with Gasteiger partial charge < -0.3 is 14.9 Å². The van der Waals surface area contributed by atoms with Crippen LogP contribution < -0.4 is 5.32 Å². The molecule has 0 saturated carbocycles. The zero-order valence-electron chi connectivity index (χ0n) is 14.9. The number of carbonyl (C=O) groups excluding carboxylic acids is 1. The van der Waals surface area contributed by atoms with Crippen molar-refractivity contribution in [2.75, 3.05) is 5.32 Å². The summed E-state index contributed by atoms with van der Waals surface area (Å²) in [5, 5.41) is 12.2. The fourth-order valence-electron chi connectivity index (χ4n) is 2.80. The molecule has 1 amide bonds. The summed E-state index contributed by atoms with van der Waals surface area (Å²) in [5.41, 5.74) is 3.69. The van der Waals surface area contributed by atoms with Crippen LogP contribution in [-0.4, -0.2) is 30.6 Å². The van der Waals surface area contributed by atoms with E-state index in [4.69, 9.17) is 0 Å². The number of rotatable bonds is 5. The minimum absolute atomic E-state index is 0.0920. The standard InChI is InChI=1S/C19H18N6OS/c1-12(26)20-14-9-7-13(8-10-14)18-23-24-19(25(18)2)27-11-17-21-15-5-3-4-6-16(15)22-17/h3-10H,11H2,1-2H3,(H,20,26)(H,21,22). The lowest BCUT2D eigenvalue weighted by Crippen LogP contribution is -2.05. The summed E-state index contributed by atoms with van der Waals surface area (Å²) >= 11 is 1.58. The van der Waals surface area contributed by atoms with Crippen molar-refractivity contribution in [3.05, 3.63) is 54.4 Å². The molecule has 0 aliphatic rings. The predicted octanol–water partition coefficient (Wildman–Crippen LogP) is 3.61. The van der Waals surface area contributed by atoms with E-state index < -0.39 is 0 Å². The molecule has 0 fully saturated rings. The van der Waals surface area contributed by atoms with Gasteiger partial charge in [0.25, 0.3) is 0 Å². The van der Waals surface area contributed by atoms with Crippen LogP contribution in [0, 0.1) is 0 Å². The first-order chi connectivity index (χ1) is 13.1. The molecule has 0 unspecified atom stereocenters. The molecule has 0 saturated heterocycles. The van der Waals surface area contributed by atoms with Crippen LogP contribution in [0.15, 0.2) is 53.7 Å². The van der Waals surface area contributed by atoms with Crippen LogP contribution in [0.25, 0.3) is 22.4 Å². The molecule has 8 heteroatoms. The maximum atomic E-state index is 11.1. The number of aromatic nitrogens is 5. The van der Waals surface area contributed by atoms with Crippen LogP contribution in [0.2, 0.25) is 0 Å². The van der Waals surface area contributed by atoms with E-state index in [-0.39, 0.29) is 5.91 Å². The lowest BCUT2D eigenvalue weighted by atomic mass is 10.2. The summed E-state index contributed by atoms with van der Waals surface area (Å²) in [4.78, 5) is 19.0. The number of H-pyrrole nitrogens is 1. The molecule has 27 heavy (non-hydrogen) atoms. The van der Waals surface area contributed by atoms with Crippen molar-refractivity contribution >= 4 is 34.4 Å². The number of amides is 1. The zero-order valence-corrected chi connectivity index (χ0v) is 15.7. The molecule has 4 aromatic rings. The van der Waals surface area contributed by atoms with E-state index in [1.165, 1.54) is 6.92 Å². The smallest absolute Gasteiger partial charge is 0.221 e. The van der Waals surface area contributed by atoms with Crippen molar-refractivity contribution in [2.45, 2.75) is 17.8 Å². The van der Waals surface area contributed by atoms with Gasteiger partial charge in [-0.3, -0.25) is 4.79 Å². The second kappa shape index (κ2) is 7.24. The first kappa shape index (κ1) is 17.3.